The van der Waals surface area contributed by atoms with Gasteiger partial charge in [-0.2, -0.15) is 0 Å². The minimum absolute atomic E-state index is 0.0856. The van der Waals surface area contributed by atoms with Crippen molar-refractivity contribution in [1.29, 1.82) is 0 Å². The van der Waals surface area contributed by atoms with E-state index in [1.165, 1.54) is 6.20 Å². The largest absolute Gasteiger partial charge is 0.481 e. The number of aromatic nitrogens is 1. The maximum Gasteiger partial charge on any atom is 0.311 e. The van der Waals surface area contributed by atoms with Crippen LogP contribution >= 0.6 is 0 Å². The fourth-order valence-corrected chi connectivity index (χ4v) is 1.47. The molecule has 0 bridgehead atoms. The number of nitrogens with zero attached hydrogens (tertiary/aromatic N) is 1. The lowest BCUT2D eigenvalue weighted by Crippen LogP contribution is -1.98. The molecular weight excluding hydrogens is 186 g/mol. The van der Waals surface area contributed by atoms with Gasteiger partial charge in [0.1, 0.15) is 18.3 Å². The predicted molar refractivity (Wildman–Crippen MR) is 45.8 cm³/mol. The molecule has 0 aliphatic carbocycles. The van der Waals surface area contributed by atoms with E-state index < -0.39 is 5.97 Å². The molecule has 1 fully saturated rings. The number of rotatable bonds is 3. The molecule has 2 heterocycles. The van der Waals surface area contributed by atoms with Crippen LogP contribution in [0, 0.1) is 0 Å². The zero-order valence-electron chi connectivity index (χ0n) is 7.60. The van der Waals surface area contributed by atoms with Gasteiger partial charge in [0.25, 0.3) is 0 Å². The number of carbonyl (C=O) groups is 1. The molecule has 2 rings (SSSR count). The van der Waals surface area contributed by atoms with E-state index in [0.29, 0.717) is 11.7 Å². The summed E-state index contributed by atoms with van der Waals surface area (Å²) in [6.07, 6.45) is 3.14. The first-order valence-corrected chi connectivity index (χ1v) is 4.53. The molecule has 1 N–H and O–H groups in total. The van der Waals surface area contributed by atoms with Gasteiger partial charge in [-0.1, -0.05) is 0 Å². The van der Waals surface area contributed by atoms with Crippen molar-refractivity contribution in [2.24, 2.45) is 0 Å². The first kappa shape index (κ1) is 9.21. The zero-order chi connectivity index (χ0) is 9.97. The zero-order valence-corrected chi connectivity index (χ0v) is 7.60. The first-order chi connectivity index (χ1) is 6.75. The van der Waals surface area contributed by atoms with Gasteiger partial charge in [0.2, 0.25) is 5.89 Å². The number of aliphatic carboxylic acids is 1. The fourth-order valence-electron chi connectivity index (χ4n) is 1.47. The molecule has 1 aliphatic heterocycles. The van der Waals surface area contributed by atoms with Crippen LogP contribution in [0.1, 0.15) is 30.6 Å². The highest BCUT2D eigenvalue weighted by Gasteiger charge is 2.22. The second-order valence-corrected chi connectivity index (χ2v) is 3.24. The van der Waals surface area contributed by atoms with Crippen LogP contribution in [0.5, 0.6) is 0 Å². The Balaban J connectivity index is 2.05. The Kier molecular flexibility index (Phi) is 2.49. The summed E-state index contributed by atoms with van der Waals surface area (Å²) in [6.45, 7) is 0.724. The van der Waals surface area contributed by atoms with Gasteiger partial charge in [0.15, 0.2) is 0 Å². The molecule has 76 valence electrons. The third-order valence-corrected chi connectivity index (χ3v) is 2.10. The third kappa shape index (κ3) is 1.93. The van der Waals surface area contributed by atoms with Gasteiger partial charge in [0, 0.05) is 6.61 Å². The molecule has 0 radical (unpaired) electrons. The second-order valence-electron chi connectivity index (χ2n) is 3.24. The molecule has 5 nitrogen and oxygen atoms in total. The van der Waals surface area contributed by atoms with Crippen molar-refractivity contribution in [3.8, 4) is 0 Å². The summed E-state index contributed by atoms with van der Waals surface area (Å²) in [5, 5.41) is 8.52. The van der Waals surface area contributed by atoms with Gasteiger partial charge in [-0.25, -0.2) is 4.98 Å². The number of ether oxygens (including phenoxy) is 1. The van der Waals surface area contributed by atoms with Gasteiger partial charge in [0.05, 0.1) is 6.20 Å². The smallest absolute Gasteiger partial charge is 0.311 e. The summed E-state index contributed by atoms with van der Waals surface area (Å²) in [7, 11) is 0. The van der Waals surface area contributed by atoms with Gasteiger partial charge in [-0.3, -0.25) is 4.79 Å². The van der Waals surface area contributed by atoms with Crippen LogP contribution in [-0.2, 0) is 16.0 Å². The van der Waals surface area contributed by atoms with Crippen LogP contribution in [0.4, 0.5) is 0 Å². The lowest BCUT2D eigenvalue weighted by atomic mass is 10.2. The fraction of sp³-hybridized carbons (Fsp3) is 0.556. The maximum absolute atomic E-state index is 10.4. The van der Waals surface area contributed by atoms with Gasteiger partial charge in [-0.15, -0.1) is 0 Å². The summed E-state index contributed by atoms with van der Waals surface area (Å²) in [5.74, 6) is -0.0400. The van der Waals surface area contributed by atoms with Crippen LogP contribution in [0.2, 0.25) is 0 Å². The SMILES string of the molecule is O=C(O)Cc1cnc(C2CCCO2)o1. The van der Waals surface area contributed by atoms with Crippen molar-refractivity contribution in [2.45, 2.75) is 25.4 Å². The van der Waals surface area contributed by atoms with Crippen LogP contribution in [-0.4, -0.2) is 22.7 Å². The average molecular weight is 197 g/mol. The highest BCUT2D eigenvalue weighted by Crippen LogP contribution is 2.27. The molecule has 0 saturated carbocycles. The number of carboxylic acids is 1. The van der Waals surface area contributed by atoms with E-state index in [1.54, 1.807) is 0 Å². The molecule has 1 aromatic rings. The number of hydrogen-bond donors (Lipinski definition) is 1. The van der Waals surface area contributed by atoms with Crippen LogP contribution in [0.25, 0.3) is 0 Å². The number of hydrogen-bond acceptors (Lipinski definition) is 4. The minimum Gasteiger partial charge on any atom is -0.481 e. The van der Waals surface area contributed by atoms with E-state index in [0.717, 1.165) is 19.4 Å². The van der Waals surface area contributed by atoms with Crippen LogP contribution < -0.4 is 0 Å². The topological polar surface area (TPSA) is 72.6 Å². The van der Waals surface area contributed by atoms with E-state index in [2.05, 4.69) is 4.98 Å². The van der Waals surface area contributed by atoms with Crippen molar-refractivity contribution in [3.05, 3.63) is 17.8 Å². The Hall–Kier alpha value is -1.36. The molecule has 1 aliphatic rings. The Labute approximate surface area is 80.7 Å². The summed E-state index contributed by atoms with van der Waals surface area (Å²) in [4.78, 5) is 14.4. The Morgan fingerprint density at radius 2 is 2.57 bits per heavy atom. The van der Waals surface area contributed by atoms with Crippen LogP contribution in [0.3, 0.4) is 0 Å². The van der Waals surface area contributed by atoms with Crippen molar-refractivity contribution in [1.82, 2.24) is 4.98 Å². The second kappa shape index (κ2) is 3.79. The summed E-state index contributed by atoms with van der Waals surface area (Å²) >= 11 is 0. The van der Waals surface area contributed by atoms with Crippen molar-refractivity contribution < 1.29 is 19.1 Å². The molecule has 1 unspecified atom stereocenters. The quantitative estimate of drug-likeness (QED) is 0.786. The summed E-state index contributed by atoms with van der Waals surface area (Å²) in [5.41, 5.74) is 0. The standard InChI is InChI=1S/C9H11NO4/c11-8(12)4-6-5-10-9(14-6)7-2-1-3-13-7/h5,7H,1-4H2,(H,11,12). The van der Waals surface area contributed by atoms with E-state index >= 15 is 0 Å². The van der Waals surface area contributed by atoms with E-state index in [9.17, 15) is 4.79 Å². The molecular formula is C9H11NO4. The number of oxazole rings is 1. The Morgan fingerprint density at radius 3 is 3.21 bits per heavy atom. The lowest BCUT2D eigenvalue weighted by Gasteiger charge is -2.02. The van der Waals surface area contributed by atoms with Gasteiger partial charge in [-0.05, 0) is 12.8 Å². The van der Waals surface area contributed by atoms with E-state index in [1.807, 2.05) is 0 Å². The van der Waals surface area contributed by atoms with Gasteiger partial charge >= 0.3 is 5.97 Å². The van der Waals surface area contributed by atoms with Crippen molar-refractivity contribution >= 4 is 5.97 Å². The lowest BCUT2D eigenvalue weighted by molar-refractivity contribution is -0.136. The van der Waals surface area contributed by atoms with Crippen molar-refractivity contribution in [3.63, 3.8) is 0 Å². The molecule has 0 spiro atoms. The van der Waals surface area contributed by atoms with Crippen molar-refractivity contribution in [2.75, 3.05) is 6.61 Å². The van der Waals surface area contributed by atoms with E-state index in [4.69, 9.17) is 14.3 Å². The van der Waals surface area contributed by atoms with E-state index in [-0.39, 0.29) is 12.5 Å². The highest BCUT2D eigenvalue weighted by molar-refractivity contribution is 5.69. The molecule has 0 aromatic carbocycles. The normalized spacial score (nSPS) is 21.3. The molecule has 1 aromatic heterocycles. The molecule has 0 amide bonds. The Bertz CT molecular complexity index is 327. The molecule has 1 atom stereocenters. The molecule has 1 saturated heterocycles. The maximum atomic E-state index is 10.4. The monoisotopic (exact) mass is 197 g/mol. The predicted octanol–water partition coefficient (Wildman–Crippen LogP) is 1.15. The van der Waals surface area contributed by atoms with Gasteiger partial charge < -0.3 is 14.3 Å². The third-order valence-electron chi connectivity index (χ3n) is 2.10. The minimum atomic E-state index is -0.917. The van der Waals surface area contributed by atoms with Crippen LogP contribution in [0.15, 0.2) is 10.6 Å². The summed E-state index contributed by atoms with van der Waals surface area (Å²) < 4.78 is 10.6. The summed E-state index contributed by atoms with van der Waals surface area (Å²) in [6, 6.07) is 0. The Morgan fingerprint density at radius 1 is 1.71 bits per heavy atom. The average Bonchev–Trinajstić information content (AvgIpc) is 2.69. The number of carboxylic acid groups (broad SMARTS) is 1. The molecule has 14 heavy (non-hydrogen) atoms. The highest BCUT2D eigenvalue weighted by atomic mass is 16.5. The first-order valence-electron chi connectivity index (χ1n) is 4.53. The molecule has 5 heteroatoms.